The highest BCUT2D eigenvalue weighted by Crippen LogP contribution is 2.18. The van der Waals surface area contributed by atoms with Crippen molar-refractivity contribution in [3.63, 3.8) is 0 Å². The van der Waals surface area contributed by atoms with Gasteiger partial charge in [-0.15, -0.1) is 0 Å². The van der Waals surface area contributed by atoms with E-state index in [2.05, 4.69) is 5.32 Å². The first-order chi connectivity index (χ1) is 17.1. The van der Waals surface area contributed by atoms with Gasteiger partial charge in [-0.2, -0.15) is 0 Å². The summed E-state index contributed by atoms with van der Waals surface area (Å²) in [7, 11) is 1.83. The van der Waals surface area contributed by atoms with Crippen LogP contribution in [0.3, 0.4) is 0 Å². The second-order valence-corrected chi connectivity index (χ2v) is 8.48. The number of aromatic nitrogens is 2. The number of rotatable bonds is 10. The first-order valence-electron chi connectivity index (χ1n) is 11.8. The molecule has 6 nitrogen and oxygen atoms in total. The van der Waals surface area contributed by atoms with Crippen LogP contribution < -0.4 is 5.32 Å². The Labute approximate surface area is 205 Å². The molecule has 0 fully saturated rings. The van der Waals surface area contributed by atoms with Crippen molar-refractivity contribution in [1.82, 2.24) is 19.8 Å². The first-order valence-corrected chi connectivity index (χ1v) is 11.8. The van der Waals surface area contributed by atoms with Gasteiger partial charge in [0.05, 0.1) is 11.0 Å². The largest absolute Gasteiger partial charge is 0.353 e. The predicted molar refractivity (Wildman–Crippen MR) is 139 cm³/mol. The fraction of sp³-hybridized carbons (Fsp3) is 0.207. The van der Waals surface area contributed by atoms with Gasteiger partial charge in [-0.1, -0.05) is 72.8 Å². The fourth-order valence-electron chi connectivity index (χ4n) is 3.95. The molecule has 0 unspecified atom stereocenters. The smallest absolute Gasteiger partial charge is 0.243 e. The molecule has 0 aliphatic carbocycles. The molecule has 178 valence electrons. The van der Waals surface area contributed by atoms with Crippen molar-refractivity contribution in [3.8, 4) is 0 Å². The number of hydrogen-bond donors (Lipinski definition) is 1. The Bertz CT molecular complexity index is 1300. The van der Waals surface area contributed by atoms with E-state index in [-0.39, 0.29) is 18.4 Å². The lowest BCUT2D eigenvalue weighted by Crippen LogP contribution is -2.30. The molecule has 0 aliphatic rings. The molecule has 0 saturated heterocycles. The van der Waals surface area contributed by atoms with Crippen LogP contribution >= 0.6 is 0 Å². The summed E-state index contributed by atoms with van der Waals surface area (Å²) < 4.78 is 2.00. The summed E-state index contributed by atoms with van der Waals surface area (Å²) in [5, 5.41) is 2.92. The minimum absolute atomic E-state index is 0.0256. The van der Waals surface area contributed by atoms with Crippen LogP contribution in [0.5, 0.6) is 0 Å². The van der Waals surface area contributed by atoms with Gasteiger partial charge < -0.3 is 14.8 Å². The van der Waals surface area contributed by atoms with E-state index in [0.29, 0.717) is 19.5 Å². The molecule has 0 saturated carbocycles. The number of likely N-dealkylation sites (N-methyl/N-ethyl adjacent to an activating group) is 1. The molecule has 4 aromatic rings. The maximum absolute atomic E-state index is 13.0. The van der Waals surface area contributed by atoms with E-state index in [1.165, 1.54) is 0 Å². The lowest BCUT2D eigenvalue weighted by atomic mass is 10.2. The van der Waals surface area contributed by atoms with Crippen LogP contribution in [-0.4, -0.2) is 39.9 Å². The number of carbonyl (C=O) groups is 2. The Hall–Kier alpha value is -4.19. The van der Waals surface area contributed by atoms with Gasteiger partial charge in [0, 0.05) is 32.6 Å². The molecule has 3 aromatic carbocycles. The predicted octanol–water partition coefficient (Wildman–Crippen LogP) is 4.46. The number of benzene rings is 3. The number of para-hydroxylation sites is 2. The fourth-order valence-corrected chi connectivity index (χ4v) is 3.95. The van der Waals surface area contributed by atoms with Crippen molar-refractivity contribution in [2.75, 3.05) is 13.6 Å². The first kappa shape index (κ1) is 24.0. The molecule has 0 aliphatic heterocycles. The molecule has 6 heteroatoms. The average Bonchev–Trinajstić information content (AvgIpc) is 3.23. The van der Waals surface area contributed by atoms with Crippen molar-refractivity contribution < 1.29 is 9.59 Å². The van der Waals surface area contributed by atoms with Crippen molar-refractivity contribution in [2.24, 2.45) is 0 Å². The molecule has 0 spiro atoms. The zero-order valence-electron chi connectivity index (χ0n) is 19.9. The van der Waals surface area contributed by atoms with Gasteiger partial charge in [0.25, 0.3) is 0 Å². The van der Waals surface area contributed by atoms with Gasteiger partial charge in [-0.25, -0.2) is 4.98 Å². The molecule has 2 amide bonds. The average molecular weight is 467 g/mol. The SMILES string of the molecule is CN(Cc1ccccc1)C(=O)Cn1c(CCCNC(=O)/C=C\c2ccccc2)nc2ccccc21. The summed E-state index contributed by atoms with van der Waals surface area (Å²) >= 11 is 0. The van der Waals surface area contributed by atoms with E-state index >= 15 is 0 Å². The van der Waals surface area contributed by atoms with Crippen LogP contribution in [0.2, 0.25) is 0 Å². The van der Waals surface area contributed by atoms with E-state index < -0.39 is 0 Å². The third-order valence-electron chi connectivity index (χ3n) is 5.82. The summed E-state index contributed by atoms with van der Waals surface area (Å²) in [5.74, 6) is 0.749. The zero-order chi connectivity index (χ0) is 24.5. The van der Waals surface area contributed by atoms with Gasteiger partial charge in [-0.3, -0.25) is 9.59 Å². The van der Waals surface area contributed by atoms with Crippen LogP contribution in [0.1, 0.15) is 23.4 Å². The maximum Gasteiger partial charge on any atom is 0.243 e. The normalized spacial score (nSPS) is 11.1. The van der Waals surface area contributed by atoms with Crippen LogP contribution in [-0.2, 0) is 29.1 Å². The zero-order valence-corrected chi connectivity index (χ0v) is 19.9. The second kappa shape index (κ2) is 11.8. The van der Waals surface area contributed by atoms with E-state index in [1.807, 2.05) is 96.5 Å². The summed E-state index contributed by atoms with van der Waals surface area (Å²) in [6.07, 6.45) is 4.73. The molecular formula is C29H30N4O2. The number of aryl methyl sites for hydroxylation is 1. The monoisotopic (exact) mass is 466 g/mol. The Balaban J connectivity index is 1.36. The minimum atomic E-state index is -0.125. The van der Waals surface area contributed by atoms with Gasteiger partial charge in [0.2, 0.25) is 11.8 Å². The van der Waals surface area contributed by atoms with Crippen molar-refractivity contribution in [2.45, 2.75) is 25.9 Å². The van der Waals surface area contributed by atoms with E-state index in [0.717, 1.165) is 34.4 Å². The molecule has 0 bridgehead atoms. The third kappa shape index (κ3) is 6.67. The van der Waals surface area contributed by atoms with Gasteiger partial charge in [-0.05, 0) is 35.8 Å². The summed E-state index contributed by atoms with van der Waals surface area (Å²) in [4.78, 5) is 31.7. The summed E-state index contributed by atoms with van der Waals surface area (Å²) in [6.45, 7) is 1.32. The lowest BCUT2D eigenvalue weighted by molar-refractivity contribution is -0.131. The molecule has 35 heavy (non-hydrogen) atoms. The molecular weight excluding hydrogens is 436 g/mol. The van der Waals surface area contributed by atoms with Crippen LogP contribution in [0, 0.1) is 0 Å². The van der Waals surface area contributed by atoms with Crippen LogP contribution in [0.4, 0.5) is 0 Å². The second-order valence-electron chi connectivity index (χ2n) is 8.48. The van der Waals surface area contributed by atoms with Crippen molar-refractivity contribution >= 4 is 28.9 Å². The minimum Gasteiger partial charge on any atom is -0.353 e. The quantitative estimate of drug-likeness (QED) is 0.277. The Morgan fingerprint density at radius 2 is 1.63 bits per heavy atom. The van der Waals surface area contributed by atoms with E-state index in [4.69, 9.17) is 4.98 Å². The summed E-state index contributed by atoms with van der Waals surface area (Å²) in [6, 6.07) is 27.6. The number of nitrogens with one attached hydrogen (secondary N) is 1. The lowest BCUT2D eigenvalue weighted by Gasteiger charge is -2.19. The van der Waals surface area contributed by atoms with E-state index in [9.17, 15) is 9.59 Å². The Morgan fingerprint density at radius 3 is 2.40 bits per heavy atom. The number of nitrogens with zero attached hydrogens (tertiary/aromatic N) is 3. The molecule has 1 heterocycles. The molecule has 0 radical (unpaired) electrons. The van der Waals surface area contributed by atoms with Crippen LogP contribution in [0.25, 0.3) is 17.1 Å². The number of imidazole rings is 1. The van der Waals surface area contributed by atoms with Gasteiger partial charge >= 0.3 is 0 Å². The van der Waals surface area contributed by atoms with Crippen molar-refractivity contribution in [1.29, 1.82) is 0 Å². The van der Waals surface area contributed by atoms with Crippen LogP contribution in [0.15, 0.2) is 91.0 Å². The van der Waals surface area contributed by atoms with Gasteiger partial charge in [0.1, 0.15) is 12.4 Å². The Kier molecular flexibility index (Phi) is 8.07. The topological polar surface area (TPSA) is 67.2 Å². The standard InChI is InChI=1S/C29H30N4O2/c1-32(21-24-13-6-3-7-14-24)29(35)22-33-26-16-9-8-15-25(26)31-27(33)17-10-20-30-28(34)19-18-23-11-4-2-5-12-23/h2-9,11-16,18-19H,10,17,20-22H2,1H3,(H,30,34)/b19-18-. The molecule has 1 N–H and O–H groups in total. The van der Waals surface area contributed by atoms with Gasteiger partial charge in [0.15, 0.2) is 0 Å². The number of fused-ring (bicyclic) bond motifs is 1. The van der Waals surface area contributed by atoms with E-state index in [1.54, 1.807) is 17.1 Å². The number of carbonyl (C=O) groups excluding carboxylic acids is 2. The third-order valence-corrected chi connectivity index (χ3v) is 5.82. The maximum atomic E-state index is 13.0. The molecule has 1 aromatic heterocycles. The highest BCUT2D eigenvalue weighted by molar-refractivity contribution is 5.91. The summed E-state index contributed by atoms with van der Waals surface area (Å²) in [5.41, 5.74) is 3.89. The molecule has 4 rings (SSSR count). The highest BCUT2D eigenvalue weighted by atomic mass is 16.2. The Morgan fingerprint density at radius 1 is 0.943 bits per heavy atom. The highest BCUT2D eigenvalue weighted by Gasteiger charge is 2.16. The number of hydrogen-bond acceptors (Lipinski definition) is 3. The number of amides is 2. The molecule has 0 atom stereocenters. The van der Waals surface area contributed by atoms with Crippen molar-refractivity contribution in [3.05, 3.63) is 108 Å².